The number of hydrogen-bond acceptors (Lipinski definition) is 5. The highest BCUT2D eigenvalue weighted by atomic mass is 32.2. The van der Waals surface area contributed by atoms with E-state index < -0.39 is 15.6 Å². The van der Waals surface area contributed by atoms with Crippen molar-refractivity contribution in [2.75, 3.05) is 12.9 Å². The van der Waals surface area contributed by atoms with Crippen molar-refractivity contribution in [1.29, 1.82) is 5.26 Å². The number of aromatic nitrogens is 1. The molecule has 0 fully saturated rings. The fourth-order valence-electron chi connectivity index (χ4n) is 0.842. The van der Waals surface area contributed by atoms with Crippen molar-refractivity contribution in [2.24, 2.45) is 0 Å². The number of ether oxygens (including phenoxy) is 1. The fourth-order valence-corrected chi connectivity index (χ4v) is 1.67. The first-order chi connectivity index (χ1) is 6.60. The van der Waals surface area contributed by atoms with Gasteiger partial charge in [0.25, 0.3) is 0 Å². The van der Waals surface area contributed by atoms with Crippen LogP contribution in [0.4, 0.5) is 0 Å². The van der Waals surface area contributed by atoms with Crippen LogP contribution in [-0.4, -0.2) is 26.3 Å². The summed E-state index contributed by atoms with van der Waals surface area (Å²) in [5.41, 5.74) is 0. The van der Waals surface area contributed by atoms with Gasteiger partial charge in [0, 0.05) is 6.07 Å². The Balaban J connectivity index is 3.15. The van der Waals surface area contributed by atoms with Crippen LogP contribution in [0.2, 0.25) is 0 Å². The lowest BCUT2D eigenvalue weighted by Crippen LogP contribution is -2.07. The van der Waals surface area contributed by atoms with Crippen LogP contribution >= 0.6 is 0 Å². The van der Waals surface area contributed by atoms with Crippen LogP contribution in [-0.2, 0) is 9.84 Å². The Morgan fingerprint density at radius 3 is 2.86 bits per heavy atom. The van der Waals surface area contributed by atoms with Crippen molar-refractivity contribution < 1.29 is 13.2 Å². The Bertz CT molecular complexity index is 462. The quantitative estimate of drug-likeness (QED) is 0.723. The first-order valence-electron chi connectivity index (χ1n) is 3.71. The molecule has 6 heteroatoms. The second-order valence-electron chi connectivity index (χ2n) is 2.44. The minimum absolute atomic E-state index is 0.140. The van der Waals surface area contributed by atoms with Crippen molar-refractivity contribution in [3.8, 4) is 11.9 Å². The fraction of sp³-hybridized carbons (Fsp3) is 0.250. The molecule has 1 rings (SSSR count). The minimum atomic E-state index is -3.60. The van der Waals surface area contributed by atoms with E-state index in [1.165, 1.54) is 25.3 Å². The van der Waals surface area contributed by atoms with Crippen LogP contribution in [0.3, 0.4) is 0 Å². The van der Waals surface area contributed by atoms with Crippen LogP contribution < -0.4 is 4.74 Å². The summed E-state index contributed by atoms with van der Waals surface area (Å²) in [6.07, 6.45) is 0. The smallest absolute Gasteiger partial charge is 0.214 e. The van der Waals surface area contributed by atoms with Gasteiger partial charge in [0.1, 0.15) is 5.75 Å². The Morgan fingerprint density at radius 2 is 2.29 bits per heavy atom. The molecule has 1 aromatic heterocycles. The second-order valence-corrected chi connectivity index (χ2v) is 4.37. The lowest BCUT2D eigenvalue weighted by atomic mass is 10.5. The molecule has 0 aliphatic heterocycles. The Morgan fingerprint density at radius 1 is 1.57 bits per heavy atom. The summed E-state index contributed by atoms with van der Waals surface area (Å²) in [6, 6.07) is 5.95. The lowest BCUT2D eigenvalue weighted by Gasteiger charge is -2.01. The Labute approximate surface area is 81.9 Å². The van der Waals surface area contributed by atoms with Crippen LogP contribution in [0.5, 0.6) is 5.88 Å². The van der Waals surface area contributed by atoms with Crippen molar-refractivity contribution in [3.63, 3.8) is 0 Å². The van der Waals surface area contributed by atoms with Gasteiger partial charge in [0.2, 0.25) is 15.7 Å². The maximum atomic E-state index is 11.4. The van der Waals surface area contributed by atoms with E-state index in [1.54, 1.807) is 6.07 Å². The summed E-state index contributed by atoms with van der Waals surface area (Å²) in [4.78, 5) is 3.72. The van der Waals surface area contributed by atoms with E-state index in [9.17, 15) is 8.42 Å². The Kier molecular flexibility index (Phi) is 3.04. The van der Waals surface area contributed by atoms with E-state index in [4.69, 9.17) is 10.00 Å². The average molecular weight is 212 g/mol. The third-order valence-electron chi connectivity index (χ3n) is 1.48. The number of nitrogens with zero attached hydrogens (tertiary/aromatic N) is 2. The molecule has 0 saturated heterocycles. The molecule has 0 aliphatic carbocycles. The molecule has 0 N–H and O–H groups in total. The third-order valence-corrected chi connectivity index (χ3v) is 2.85. The van der Waals surface area contributed by atoms with Crippen molar-refractivity contribution in [2.45, 2.75) is 5.03 Å². The molecule has 0 unspecified atom stereocenters. The van der Waals surface area contributed by atoms with E-state index in [0.29, 0.717) is 0 Å². The maximum absolute atomic E-state index is 11.4. The van der Waals surface area contributed by atoms with Crippen molar-refractivity contribution >= 4 is 9.84 Å². The molecule has 0 aromatic carbocycles. The summed E-state index contributed by atoms with van der Waals surface area (Å²) in [5, 5.41) is 8.16. The van der Waals surface area contributed by atoms with E-state index in [-0.39, 0.29) is 10.9 Å². The first-order valence-corrected chi connectivity index (χ1v) is 5.36. The summed E-state index contributed by atoms with van der Waals surface area (Å²) in [7, 11) is -2.20. The zero-order valence-electron chi connectivity index (χ0n) is 7.47. The molecule has 14 heavy (non-hydrogen) atoms. The molecular weight excluding hydrogens is 204 g/mol. The molecule has 0 atom stereocenters. The standard InChI is InChI=1S/C8H8N2O3S/c1-13-7-3-2-4-8(10-7)14(11,12)6-5-9/h2-4H,6H2,1H3. The minimum Gasteiger partial charge on any atom is -0.481 e. The average Bonchev–Trinajstić information content (AvgIpc) is 2.18. The number of hydrogen-bond donors (Lipinski definition) is 0. The maximum Gasteiger partial charge on any atom is 0.214 e. The van der Waals surface area contributed by atoms with Gasteiger partial charge in [-0.1, -0.05) is 6.07 Å². The molecule has 1 heterocycles. The number of sulfone groups is 1. The topological polar surface area (TPSA) is 80.0 Å². The highest BCUT2D eigenvalue weighted by Crippen LogP contribution is 2.12. The molecule has 74 valence electrons. The van der Waals surface area contributed by atoms with Gasteiger partial charge in [0.15, 0.2) is 5.03 Å². The van der Waals surface area contributed by atoms with Gasteiger partial charge in [0.05, 0.1) is 13.2 Å². The van der Waals surface area contributed by atoms with E-state index >= 15 is 0 Å². The molecule has 0 amide bonds. The lowest BCUT2D eigenvalue weighted by molar-refractivity contribution is 0.394. The molecule has 0 saturated carbocycles. The monoisotopic (exact) mass is 212 g/mol. The van der Waals surface area contributed by atoms with Gasteiger partial charge in [-0.3, -0.25) is 0 Å². The number of rotatable bonds is 3. The Hall–Kier alpha value is -1.61. The third kappa shape index (κ3) is 2.20. The molecule has 1 aromatic rings. The van der Waals surface area contributed by atoms with Crippen molar-refractivity contribution in [3.05, 3.63) is 18.2 Å². The van der Waals surface area contributed by atoms with Gasteiger partial charge in [-0.25, -0.2) is 13.4 Å². The second kappa shape index (κ2) is 4.07. The summed E-state index contributed by atoms with van der Waals surface area (Å²) < 4.78 is 27.5. The predicted molar refractivity (Wildman–Crippen MR) is 48.5 cm³/mol. The summed E-state index contributed by atoms with van der Waals surface area (Å²) >= 11 is 0. The summed E-state index contributed by atoms with van der Waals surface area (Å²) in [5.74, 6) is -0.364. The van der Waals surface area contributed by atoms with Gasteiger partial charge in [-0.05, 0) is 6.07 Å². The van der Waals surface area contributed by atoms with Gasteiger partial charge < -0.3 is 4.74 Å². The SMILES string of the molecule is COc1cccc(S(=O)(=O)CC#N)n1. The molecule has 0 aliphatic rings. The van der Waals surface area contributed by atoms with Crippen molar-refractivity contribution in [1.82, 2.24) is 4.98 Å². The highest BCUT2D eigenvalue weighted by Gasteiger charge is 2.15. The molecule has 5 nitrogen and oxygen atoms in total. The van der Waals surface area contributed by atoms with E-state index in [2.05, 4.69) is 4.98 Å². The van der Waals surface area contributed by atoms with E-state index in [0.717, 1.165) is 0 Å². The molecule has 0 bridgehead atoms. The number of methoxy groups -OCH3 is 1. The number of nitriles is 1. The molecular formula is C8H8N2O3S. The van der Waals surface area contributed by atoms with Crippen LogP contribution in [0.1, 0.15) is 0 Å². The zero-order valence-corrected chi connectivity index (χ0v) is 8.28. The largest absolute Gasteiger partial charge is 0.481 e. The molecule has 0 radical (unpaired) electrons. The normalized spacial score (nSPS) is 10.6. The van der Waals surface area contributed by atoms with Crippen LogP contribution in [0.25, 0.3) is 0 Å². The zero-order chi connectivity index (χ0) is 10.6. The van der Waals surface area contributed by atoms with Gasteiger partial charge in [-0.2, -0.15) is 5.26 Å². The van der Waals surface area contributed by atoms with E-state index in [1.807, 2.05) is 0 Å². The van der Waals surface area contributed by atoms with Crippen LogP contribution in [0, 0.1) is 11.3 Å². The van der Waals surface area contributed by atoms with Gasteiger partial charge in [-0.15, -0.1) is 0 Å². The van der Waals surface area contributed by atoms with Gasteiger partial charge >= 0.3 is 0 Å². The first kappa shape index (κ1) is 10.5. The predicted octanol–water partition coefficient (Wildman–Crippen LogP) is 0.387. The van der Waals surface area contributed by atoms with Crippen LogP contribution in [0.15, 0.2) is 23.2 Å². The highest BCUT2D eigenvalue weighted by molar-refractivity contribution is 7.91. The number of pyridine rings is 1. The summed E-state index contributed by atoms with van der Waals surface area (Å²) in [6.45, 7) is 0. The molecule has 0 spiro atoms.